The van der Waals surface area contributed by atoms with E-state index < -0.39 is 5.91 Å². The zero-order valence-corrected chi connectivity index (χ0v) is 20.4. The molecule has 1 aliphatic rings. The molecule has 1 unspecified atom stereocenters. The Bertz CT molecular complexity index is 1260. The zero-order valence-electron chi connectivity index (χ0n) is 18.1. The maximum absolute atomic E-state index is 12.9. The SMILES string of the molecule is COc1cc(NC(C)=O)c(Cl)cc1C(=O)Nc1nnc(C2CC(=O)N(c3ccc(Cl)cc3)C2)s1. The molecule has 0 saturated carbocycles. The number of ether oxygens (including phenoxy) is 1. The van der Waals surface area contributed by atoms with Crippen molar-refractivity contribution >= 4 is 68.8 Å². The van der Waals surface area contributed by atoms with Crippen LogP contribution in [0.3, 0.4) is 0 Å². The summed E-state index contributed by atoms with van der Waals surface area (Å²) in [6.45, 7) is 1.81. The maximum Gasteiger partial charge on any atom is 0.261 e. The summed E-state index contributed by atoms with van der Waals surface area (Å²) in [7, 11) is 1.41. The van der Waals surface area contributed by atoms with Crippen LogP contribution in [-0.4, -0.2) is 41.6 Å². The molecule has 1 saturated heterocycles. The van der Waals surface area contributed by atoms with E-state index in [2.05, 4.69) is 20.8 Å². The maximum atomic E-state index is 12.9. The van der Waals surface area contributed by atoms with Gasteiger partial charge in [-0.25, -0.2) is 0 Å². The number of methoxy groups -OCH3 is 1. The number of anilines is 3. The molecule has 12 heteroatoms. The Kier molecular flexibility index (Phi) is 7.01. The average molecular weight is 520 g/mol. The molecule has 0 radical (unpaired) electrons. The van der Waals surface area contributed by atoms with Crippen LogP contribution in [-0.2, 0) is 9.59 Å². The van der Waals surface area contributed by atoms with Crippen molar-refractivity contribution < 1.29 is 19.1 Å². The van der Waals surface area contributed by atoms with Gasteiger partial charge in [0.25, 0.3) is 5.91 Å². The Balaban J connectivity index is 1.47. The highest BCUT2D eigenvalue weighted by Crippen LogP contribution is 2.35. The molecule has 3 aromatic rings. The van der Waals surface area contributed by atoms with E-state index in [-0.39, 0.29) is 39.2 Å². The second-order valence-electron chi connectivity index (χ2n) is 7.49. The fourth-order valence-corrected chi connectivity index (χ4v) is 4.71. The molecule has 9 nitrogen and oxygen atoms in total. The second kappa shape index (κ2) is 9.96. The largest absolute Gasteiger partial charge is 0.496 e. The first kappa shape index (κ1) is 23.9. The van der Waals surface area contributed by atoms with E-state index in [0.717, 1.165) is 5.69 Å². The summed E-state index contributed by atoms with van der Waals surface area (Å²) in [5.74, 6) is -0.738. The van der Waals surface area contributed by atoms with Crippen LogP contribution in [0.5, 0.6) is 5.75 Å². The summed E-state index contributed by atoms with van der Waals surface area (Å²) in [6, 6.07) is 9.94. The van der Waals surface area contributed by atoms with Crippen molar-refractivity contribution in [2.24, 2.45) is 0 Å². The van der Waals surface area contributed by atoms with Gasteiger partial charge < -0.3 is 15.0 Å². The summed E-state index contributed by atoms with van der Waals surface area (Å²) in [5, 5.41) is 15.2. The van der Waals surface area contributed by atoms with Crippen molar-refractivity contribution in [3.63, 3.8) is 0 Å². The van der Waals surface area contributed by atoms with Crippen molar-refractivity contribution in [3.05, 3.63) is 57.0 Å². The molecule has 3 amide bonds. The van der Waals surface area contributed by atoms with Crippen molar-refractivity contribution in [1.82, 2.24) is 10.2 Å². The Morgan fingerprint density at radius 2 is 1.88 bits per heavy atom. The standard InChI is InChI=1S/C22H19Cl2N5O4S/c1-11(30)25-17-9-18(33-2)15(8-16(17)24)20(32)26-22-28-27-21(34-22)12-7-19(31)29(10-12)14-5-3-13(23)4-6-14/h3-6,8-9,12H,7,10H2,1-2H3,(H,25,30)(H,26,28,32). The van der Waals surface area contributed by atoms with Gasteiger partial charge in [0.2, 0.25) is 16.9 Å². The highest BCUT2D eigenvalue weighted by molar-refractivity contribution is 7.15. The highest BCUT2D eigenvalue weighted by Gasteiger charge is 2.34. The molecule has 4 rings (SSSR count). The molecule has 2 aromatic carbocycles. The van der Waals surface area contributed by atoms with E-state index in [9.17, 15) is 14.4 Å². The third-order valence-electron chi connectivity index (χ3n) is 5.12. The molecule has 1 aromatic heterocycles. The van der Waals surface area contributed by atoms with Gasteiger partial charge in [-0.1, -0.05) is 34.5 Å². The normalized spacial score (nSPS) is 15.4. The summed E-state index contributed by atoms with van der Waals surface area (Å²) < 4.78 is 5.29. The molecule has 176 valence electrons. The van der Waals surface area contributed by atoms with E-state index in [0.29, 0.717) is 28.7 Å². The van der Waals surface area contributed by atoms with E-state index in [1.807, 2.05) is 0 Å². The number of hydrogen-bond donors (Lipinski definition) is 2. The smallest absolute Gasteiger partial charge is 0.261 e. The van der Waals surface area contributed by atoms with Gasteiger partial charge >= 0.3 is 0 Å². The van der Waals surface area contributed by atoms with Crippen LogP contribution in [0.4, 0.5) is 16.5 Å². The van der Waals surface area contributed by atoms with E-state index in [1.165, 1.54) is 37.5 Å². The Morgan fingerprint density at radius 3 is 2.56 bits per heavy atom. The van der Waals surface area contributed by atoms with Crippen LogP contribution in [0.25, 0.3) is 0 Å². The van der Waals surface area contributed by atoms with Crippen LogP contribution < -0.4 is 20.3 Å². The average Bonchev–Trinajstić information content (AvgIpc) is 3.41. The Hall–Kier alpha value is -3.21. The fourth-order valence-electron chi connectivity index (χ4n) is 3.54. The molecular formula is C22H19Cl2N5O4S. The first-order valence-electron chi connectivity index (χ1n) is 10.1. The molecule has 34 heavy (non-hydrogen) atoms. The van der Waals surface area contributed by atoms with Crippen LogP contribution in [0.2, 0.25) is 10.0 Å². The second-order valence-corrected chi connectivity index (χ2v) is 9.35. The van der Waals surface area contributed by atoms with E-state index in [1.54, 1.807) is 29.2 Å². The minimum Gasteiger partial charge on any atom is -0.496 e. The van der Waals surface area contributed by atoms with Crippen LogP contribution >= 0.6 is 34.5 Å². The first-order chi connectivity index (χ1) is 16.2. The lowest BCUT2D eigenvalue weighted by atomic mass is 10.1. The van der Waals surface area contributed by atoms with Gasteiger partial charge in [-0.15, -0.1) is 10.2 Å². The molecular weight excluding hydrogens is 501 g/mol. The zero-order chi connectivity index (χ0) is 24.4. The van der Waals surface area contributed by atoms with Gasteiger partial charge in [0.05, 0.1) is 23.4 Å². The highest BCUT2D eigenvalue weighted by atomic mass is 35.5. The Morgan fingerprint density at radius 1 is 1.15 bits per heavy atom. The number of benzene rings is 2. The summed E-state index contributed by atoms with van der Waals surface area (Å²) in [4.78, 5) is 38.4. The van der Waals surface area contributed by atoms with Crippen molar-refractivity contribution in [3.8, 4) is 5.75 Å². The number of nitrogens with one attached hydrogen (secondary N) is 2. The topological polar surface area (TPSA) is 114 Å². The lowest BCUT2D eigenvalue weighted by Gasteiger charge is -2.16. The number of rotatable bonds is 6. The van der Waals surface area contributed by atoms with Crippen molar-refractivity contribution in [2.75, 3.05) is 29.2 Å². The van der Waals surface area contributed by atoms with Gasteiger partial charge in [-0.2, -0.15) is 0 Å². The number of amides is 3. The van der Waals surface area contributed by atoms with Gasteiger partial charge in [0, 0.05) is 42.6 Å². The van der Waals surface area contributed by atoms with E-state index >= 15 is 0 Å². The van der Waals surface area contributed by atoms with Crippen molar-refractivity contribution in [2.45, 2.75) is 19.3 Å². The van der Waals surface area contributed by atoms with E-state index in [4.69, 9.17) is 27.9 Å². The van der Waals surface area contributed by atoms with Gasteiger partial charge in [0.1, 0.15) is 10.8 Å². The molecule has 1 atom stereocenters. The third kappa shape index (κ3) is 5.14. The minimum absolute atomic E-state index is 0.0215. The quantitative estimate of drug-likeness (QED) is 0.492. The third-order valence-corrected chi connectivity index (χ3v) is 6.68. The molecule has 1 fully saturated rings. The number of hydrogen-bond acceptors (Lipinski definition) is 7. The van der Waals surface area contributed by atoms with Crippen LogP contribution in [0.1, 0.15) is 34.6 Å². The molecule has 2 N–H and O–H groups in total. The molecule has 2 heterocycles. The van der Waals surface area contributed by atoms with Gasteiger partial charge in [-0.05, 0) is 30.3 Å². The predicted octanol–water partition coefficient (Wildman–Crippen LogP) is 4.58. The molecule has 1 aliphatic heterocycles. The van der Waals surface area contributed by atoms with Gasteiger partial charge in [-0.3, -0.25) is 19.7 Å². The fraction of sp³-hybridized carbons (Fsp3) is 0.227. The monoisotopic (exact) mass is 519 g/mol. The van der Waals surface area contributed by atoms with Crippen LogP contribution in [0.15, 0.2) is 36.4 Å². The molecule has 0 aliphatic carbocycles. The number of nitrogens with zero attached hydrogens (tertiary/aromatic N) is 3. The summed E-state index contributed by atoms with van der Waals surface area (Å²) in [6.07, 6.45) is 0.291. The lowest BCUT2D eigenvalue weighted by molar-refractivity contribution is -0.117. The number of aromatic nitrogens is 2. The number of halogens is 2. The molecule has 0 bridgehead atoms. The van der Waals surface area contributed by atoms with Crippen molar-refractivity contribution in [1.29, 1.82) is 0 Å². The summed E-state index contributed by atoms with van der Waals surface area (Å²) in [5.41, 5.74) is 1.27. The van der Waals surface area contributed by atoms with Gasteiger partial charge in [0.15, 0.2) is 0 Å². The predicted molar refractivity (Wildman–Crippen MR) is 131 cm³/mol. The number of carbonyl (C=O) groups is 3. The van der Waals surface area contributed by atoms with Crippen LogP contribution in [0, 0.1) is 0 Å². The number of carbonyl (C=O) groups excluding carboxylic acids is 3. The first-order valence-corrected chi connectivity index (χ1v) is 11.7. The minimum atomic E-state index is -0.499. The molecule has 0 spiro atoms. The Labute approximate surface area is 209 Å². The lowest BCUT2D eigenvalue weighted by Crippen LogP contribution is -2.24. The summed E-state index contributed by atoms with van der Waals surface area (Å²) >= 11 is 13.3.